The summed E-state index contributed by atoms with van der Waals surface area (Å²) in [7, 11) is 0. The van der Waals surface area contributed by atoms with Crippen LogP contribution in [0.25, 0.3) is 0 Å². The van der Waals surface area contributed by atoms with Gasteiger partial charge in [0, 0.05) is 51.5 Å². The van der Waals surface area contributed by atoms with Gasteiger partial charge in [0.25, 0.3) is 5.91 Å². The van der Waals surface area contributed by atoms with Crippen molar-refractivity contribution in [3.05, 3.63) is 23.8 Å². The van der Waals surface area contributed by atoms with Gasteiger partial charge in [-0.15, -0.1) is 0 Å². The molecule has 3 aliphatic rings. The van der Waals surface area contributed by atoms with Crippen LogP contribution in [-0.2, 0) is 14.4 Å². The SMILES string of the molecule is CC(=O)N1CCC2(CCCC[C@H]3CN(C(=O)c4cnc(C)nc4)CC[C@H]3NC(=O)CNC2=O)CC1. The van der Waals surface area contributed by atoms with Gasteiger partial charge in [-0.25, -0.2) is 9.97 Å². The molecule has 4 rings (SSSR count). The molecule has 10 nitrogen and oxygen atoms in total. The van der Waals surface area contributed by atoms with Crippen molar-refractivity contribution in [3.8, 4) is 0 Å². The van der Waals surface area contributed by atoms with Crippen molar-refractivity contribution in [3.63, 3.8) is 0 Å². The minimum atomic E-state index is -0.537. The lowest BCUT2D eigenvalue weighted by atomic mass is 9.73. The lowest BCUT2D eigenvalue weighted by Gasteiger charge is -2.42. The van der Waals surface area contributed by atoms with E-state index < -0.39 is 5.41 Å². The van der Waals surface area contributed by atoms with Gasteiger partial charge in [0.1, 0.15) is 5.82 Å². The van der Waals surface area contributed by atoms with E-state index >= 15 is 0 Å². The van der Waals surface area contributed by atoms with E-state index in [1.165, 1.54) is 0 Å². The highest BCUT2D eigenvalue weighted by atomic mass is 16.2. The fourth-order valence-corrected chi connectivity index (χ4v) is 5.70. The van der Waals surface area contributed by atoms with Crippen LogP contribution < -0.4 is 10.6 Å². The van der Waals surface area contributed by atoms with Crippen LogP contribution in [0.15, 0.2) is 12.4 Å². The number of piperidine rings is 2. The number of nitrogens with one attached hydrogen (secondary N) is 2. The first-order valence-corrected chi connectivity index (χ1v) is 12.7. The molecule has 2 N–H and O–H groups in total. The summed E-state index contributed by atoms with van der Waals surface area (Å²) in [5, 5.41) is 5.98. The minimum absolute atomic E-state index is 0.0232. The Kier molecular flexibility index (Phi) is 7.66. The molecule has 3 fully saturated rings. The number of likely N-dealkylation sites (tertiary alicyclic amines) is 2. The predicted octanol–water partition coefficient (Wildman–Crippen LogP) is 1.05. The van der Waals surface area contributed by atoms with E-state index in [0.29, 0.717) is 56.8 Å². The summed E-state index contributed by atoms with van der Waals surface area (Å²) in [6, 6.07) is -0.0232. The van der Waals surface area contributed by atoms with Crippen LogP contribution in [0.5, 0.6) is 0 Å². The molecule has 0 saturated carbocycles. The molecule has 0 aromatic carbocycles. The molecule has 4 amide bonds. The number of hydrogen-bond donors (Lipinski definition) is 2. The van der Waals surface area contributed by atoms with Gasteiger partial charge < -0.3 is 20.4 Å². The van der Waals surface area contributed by atoms with Crippen molar-refractivity contribution in [2.24, 2.45) is 11.3 Å². The maximum absolute atomic E-state index is 13.1. The number of carbonyl (C=O) groups excluding carboxylic acids is 4. The molecule has 0 aliphatic carbocycles. The number of amides is 4. The van der Waals surface area contributed by atoms with Crippen LogP contribution in [0.1, 0.15) is 68.1 Å². The molecule has 0 bridgehead atoms. The first kappa shape index (κ1) is 25.1. The summed E-state index contributed by atoms with van der Waals surface area (Å²) in [4.78, 5) is 62.5. The van der Waals surface area contributed by atoms with E-state index in [1.54, 1.807) is 31.1 Å². The second-order valence-electron chi connectivity index (χ2n) is 10.2. The van der Waals surface area contributed by atoms with E-state index in [1.807, 2.05) is 4.90 Å². The Morgan fingerprint density at radius 2 is 1.71 bits per heavy atom. The van der Waals surface area contributed by atoms with E-state index in [9.17, 15) is 19.2 Å². The standard InChI is InChI=1S/C25H36N6O4/c1-17-26-13-20(14-27-17)23(34)31-10-6-21-19(16-31)5-3-4-7-25(24(35)28-15-22(33)29-21)8-11-30(12-9-25)18(2)32/h13-14,19,21H,3-12,15-16H2,1-2H3,(H,28,35)(H,29,33)/t19-,21+/m0/s1. The highest BCUT2D eigenvalue weighted by Gasteiger charge is 2.42. The van der Waals surface area contributed by atoms with Gasteiger partial charge in [-0.2, -0.15) is 0 Å². The lowest BCUT2D eigenvalue weighted by Crippen LogP contribution is -2.55. The first-order valence-electron chi connectivity index (χ1n) is 12.7. The average Bonchev–Trinajstić information content (AvgIpc) is 2.85. The summed E-state index contributed by atoms with van der Waals surface area (Å²) in [5.74, 6) is 0.454. The second-order valence-corrected chi connectivity index (χ2v) is 10.2. The third-order valence-corrected chi connectivity index (χ3v) is 7.93. The molecule has 3 aliphatic heterocycles. The molecule has 2 atom stereocenters. The Balaban J connectivity index is 1.42. The second kappa shape index (κ2) is 10.7. The highest BCUT2D eigenvalue weighted by Crippen LogP contribution is 2.38. The zero-order valence-electron chi connectivity index (χ0n) is 20.7. The molecular formula is C25H36N6O4. The molecule has 1 aromatic heterocycles. The fraction of sp³-hybridized carbons (Fsp3) is 0.680. The summed E-state index contributed by atoms with van der Waals surface area (Å²) in [5.41, 5.74) is -0.0574. The van der Waals surface area contributed by atoms with Crippen LogP contribution >= 0.6 is 0 Å². The van der Waals surface area contributed by atoms with Crippen molar-refractivity contribution < 1.29 is 19.2 Å². The molecule has 0 radical (unpaired) electrons. The van der Waals surface area contributed by atoms with Crippen LogP contribution in [0.2, 0.25) is 0 Å². The smallest absolute Gasteiger partial charge is 0.257 e. The van der Waals surface area contributed by atoms with Crippen LogP contribution in [0.4, 0.5) is 0 Å². The Bertz CT molecular complexity index is 957. The molecule has 0 unspecified atom stereocenters. The molecule has 190 valence electrons. The van der Waals surface area contributed by atoms with Gasteiger partial charge in [0.2, 0.25) is 17.7 Å². The summed E-state index contributed by atoms with van der Waals surface area (Å²) in [6.45, 7) is 5.55. The third-order valence-electron chi connectivity index (χ3n) is 7.93. The van der Waals surface area contributed by atoms with E-state index in [0.717, 1.165) is 25.7 Å². The first-order chi connectivity index (χ1) is 16.8. The number of aromatic nitrogens is 2. The normalized spacial score (nSPS) is 25.5. The number of carbonyl (C=O) groups is 4. The maximum Gasteiger partial charge on any atom is 0.257 e. The Hall–Kier alpha value is -3.04. The zero-order chi connectivity index (χ0) is 25.0. The third kappa shape index (κ3) is 5.79. The monoisotopic (exact) mass is 484 g/mol. The van der Waals surface area contributed by atoms with Crippen LogP contribution in [0.3, 0.4) is 0 Å². The van der Waals surface area contributed by atoms with Gasteiger partial charge in [0.05, 0.1) is 17.5 Å². The Morgan fingerprint density at radius 1 is 1.00 bits per heavy atom. The summed E-state index contributed by atoms with van der Waals surface area (Å²) in [6.07, 6.45) is 8.47. The topological polar surface area (TPSA) is 125 Å². The quantitative estimate of drug-likeness (QED) is 0.614. The highest BCUT2D eigenvalue weighted by molar-refractivity contribution is 5.93. The number of fused-ring (bicyclic) bond motifs is 1. The van der Waals surface area contributed by atoms with Gasteiger partial charge in [-0.3, -0.25) is 19.2 Å². The Labute approximate surface area is 206 Å². The summed E-state index contributed by atoms with van der Waals surface area (Å²) < 4.78 is 0. The molecule has 1 spiro atoms. The molecule has 35 heavy (non-hydrogen) atoms. The van der Waals surface area contributed by atoms with Crippen molar-refractivity contribution in [2.75, 3.05) is 32.7 Å². The van der Waals surface area contributed by atoms with Crippen LogP contribution in [0, 0.1) is 18.3 Å². The van der Waals surface area contributed by atoms with Crippen molar-refractivity contribution in [2.45, 2.75) is 64.8 Å². The molecule has 4 heterocycles. The summed E-state index contributed by atoms with van der Waals surface area (Å²) >= 11 is 0. The number of rotatable bonds is 1. The van der Waals surface area contributed by atoms with E-state index in [-0.39, 0.29) is 42.1 Å². The van der Waals surface area contributed by atoms with Gasteiger partial charge >= 0.3 is 0 Å². The maximum atomic E-state index is 13.1. The minimum Gasteiger partial charge on any atom is -0.351 e. The average molecular weight is 485 g/mol. The number of nitrogens with zero attached hydrogens (tertiary/aromatic N) is 4. The fourth-order valence-electron chi connectivity index (χ4n) is 5.70. The van der Waals surface area contributed by atoms with Gasteiger partial charge in [-0.1, -0.05) is 12.8 Å². The number of aryl methyl sites for hydroxylation is 1. The molecule has 10 heteroatoms. The van der Waals surface area contributed by atoms with Crippen LogP contribution in [-0.4, -0.2) is 82.2 Å². The van der Waals surface area contributed by atoms with Gasteiger partial charge in [0.15, 0.2) is 0 Å². The predicted molar refractivity (Wildman–Crippen MR) is 128 cm³/mol. The molecule has 3 saturated heterocycles. The van der Waals surface area contributed by atoms with E-state index in [2.05, 4.69) is 20.6 Å². The van der Waals surface area contributed by atoms with Crippen molar-refractivity contribution in [1.82, 2.24) is 30.4 Å². The molecular weight excluding hydrogens is 448 g/mol. The molecule has 1 aromatic rings. The van der Waals surface area contributed by atoms with Crippen molar-refractivity contribution >= 4 is 23.6 Å². The zero-order valence-corrected chi connectivity index (χ0v) is 20.7. The van der Waals surface area contributed by atoms with E-state index in [4.69, 9.17) is 0 Å². The lowest BCUT2D eigenvalue weighted by molar-refractivity contribution is -0.140. The van der Waals surface area contributed by atoms with Crippen molar-refractivity contribution in [1.29, 1.82) is 0 Å². The number of hydrogen-bond acceptors (Lipinski definition) is 6. The van der Waals surface area contributed by atoms with Gasteiger partial charge in [-0.05, 0) is 44.9 Å². The Morgan fingerprint density at radius 3 is 2.40 bits per heavy atom. The largest absolute Gasteiger partial charge is 0.351 e.